The Morgan fingerprint density at radius 3 is 2.70 bits per heavy atom. The van der Waals surface area contributed by atoms with E-state index in [2.05, 4.69) is 12.2 Å². The molecule has 0 spiro atoms. The van der Waals surface area contributed by atoms with Crippen molar-refractivity contribution in [1.82, 2.24) is 0 Å². The number of anilines is 1. The van der Waals surface area contributed by atoms with Crippen LogP contribution in [0.4, 0.5) is 5.69 Å². The topological polar surface area (TPSA) is 43.6 Å². The first-order valence-electron chi connectivity index (χ1n) is 6.74. The number of hydrogen-bond acceptors (Lipinski definition) is 4. The molecule has 0 aliphatic rings. The second kappa shape index (κ2) is 6.89. The zero-order chi connectivity index (χ0) is 14.4. The molecule has 0 aliphatic heterocycles. The second-order valence-corrected chi connectivity index (χ2v) is 4.73. The predicted octanol–water partition coefficient (Wildman–Crippen LogP) is 3.73. The molecule has 20 heavy (non-hydrogen) atoms. The van der Waals surface area contributed by atoms with E-state index >= 15 is 0 Å². The fourth-order valence-corrected chi connectivity index (χ4v) is 2.08. The molecule has 2 aromatic rings. The summed E-state index contributed by atoms with van der Waals surface area (Å²) in [6, 6.07) is 9.96. The molecule has 2 rings (SSSR count). The van der Waals surface area contributed by atoms with Crippen molar-refractivity contribution in [2.45, 2.75) is 25.8 Å². The molecule has 4 heteroatoms. The van der Waals surface area contributed by atoms with Crippen molar-refractivity contribution in [3.8, 4) is 11.5 Å². The summed E-state index contributed by atoms with van der Waals surface area (Å²) >= 11 is 0. The third-order valence-electron chi connectivity index (χ3n) is 3.21. The van der Waals surface area contributed by atoms with Crippen molar-refractivity contribution < 1.29 is 13.9 Å². The van der Waals surface area contributed by atoms with Crippen LogP contribution in [0.2, 0.25) is 0 Å². The van der Waals surface area contributed by atoms with Gasteiger partial charge in [-0.3, -0.25) is 0 Å². The summed E-state index contributed by atoms with van der Waals surface area (Å²) in [5, 5.41) is 3.45. The quantitative estimate of drug-likeness (QED) is 0.836. The average Bonchev–Trinajstić information content (AvgIpc) is 2.98. The van der Waals surface area contributed by atoms with Crippen LogP contribution < -0.4 is 14.8 Å². The SMILES string of the molecule is COc1ccc(OC)c(NC(C)CCc2ccco2)c1. The van der Waals surface area contributed by atoms with E-state index in [9.17, 15) is 0 Å². The number of ether oxygens (including phenoxy) is 2. The van der Waals surface area contributed by atoms with Crippen LogP contribution in [-0.4, -0.2) is 20.3 Å². The molecular formula is C16H21NO3. The molecule has 0 amide bonds. The minimum absolute atomic E-state index is 0.307. The van der Waals surface area contributed by atoms with Gasteiger partial charge in [-0.05, 0) is 37.6 Å². The lowest BCUT2D eigenvalue weighted by Crippen LogP contribution is -2.16. The Morgan fingerprint density at radius 2 is 2.05 bits per heavy atom. The molecule has 0 bridgehead atoms. The van der Waals surface area contributed by atoms with Crippen molar-refractivity contribution in [1.29, 1.82) is 0 Å². The maximum Gasteiger partial charge on any atom is 0.142 e. The third kappa shape index (κ3) is 3.70. The number of benzene rings is 1. The van der Waals surface area contributed by atoms with Crippen LogP contribution in [0, 0.1) is 0 Å². The number of aryl methyl sites for hydroxylation is 1. The van der Waals surface area contributed by atoms with Crippen LogP contribution >= 0.6 is 0 Å². The predicted molar refractivity (Wildman–Crippen MR) is 79.7 cm³/mol. The van der Waals surface area contributed by atoms with E-state index < -0.39 is 0 Å². The highest BCUT2D eigenvalue weighted by Crippen LogP contribution is 2.29. The molecule has 1 atom stereocenters. The highest BCUT2D eigenvalue weighted by molar-refractivity contribution is 5.60. The normalized spacial score (nSPS) is 11.9. The van der Waals surface area contributed by atoms with E-state index in [1.54, 1.807) is 20.5 Å². The summed E-state index contributed by atoms with van der Waals surface area (Å²) in [6.45, 7) is 2.14. The highest BCUT2D eigenvalue weighted by atomic mass is 16.5. The molecule has 1 aromatic carbocycles. The standard InChI is InChI=1S/C16H21NO3/c1-12(6-7-13-5-4-10-20-13)17-15-11-14(18-2)8-9-16(15)19-3/h4-5,8-12,17H,6-7H2,1-3H3. The molecule has 4 nitrogen and oxygen atoms in total. The zero-order valence-electron chi connectivity index (χ0n) is 12.2. The van der Waals surface area contributed by atoms with E-state index in [0.717, 1.165) is 35.8 Å². The molecule has 0 saturated heterocycles. The van der Waals surface area contributed by atoms with Gasteiger partial charge >= 0.3 is 0 Å². The fraction of sp³-hybridized carbons (Fsp3) is 0.375. The minimum atomic E-state index is 0.307. The van der Waals surface area contributed by atoms with Crippen LogP contribution in [0.5, 0.6) is 11.5 Å². The molecule has 0 saturated carbocycles. The van der Waals surface area contributed by atoms with Crippen molar-refractivity contribution in [3.63, 3.8) is 0 Å². The molecule has 108 valence electrons. The highest BCUT2D eigenvalue weighted by Gasteiger charge is 2.09. The summed E-state index contributed by atoms with van der Waals surface area (Å²) in [4.78, 5) is 0. The van der Waals surface area contributed by atoms with Crippen LogP contribution in [0.3, 0.4) is 0 Å². The number of rotatable bonds is 7. The van der Waals surface area contributed by atoms with Gasteiger partial charge in [0.25, 0.3) is 0 Å². The summed E-state index contributed by atoms with van der Waals surface area (Å²) in [5.41, 5.74) is 0.943. The lowest BCUT2D eigenvalue weighted by molar-refractivity contribution is 0.404. The Balaban J connectivity index is 1.97. The van der Waals surface area contributed by atoms with Crippen molar-refractivity contribution in [3.05, 3.63) is 42.4 Å². The summed E-state index contributed by atoms with van der Waals surface area (Å²) in [5.74, 6) is 2.64. The Bertz CT molecular complexity index is 523. The van der Waals surface area contributed by atoms with E-state index in [1.165, 1.54) is 0 Å². The molecule has 1 aromatic heterocycles. The molecule has 0 fully saturated rings. The molecule has 0 radical (unpaired) electrons. The Labute approximate surface area is 119 Å². The van der Waals surface area contributed by atoms with E-state index in [4.69, 9.17) is 13.9 Å². The van der Waals surface area contributed by atoms with Crippen molar-refractivity contribution >= 4 is 5.69 Å². The van der Waals surface area contributed by atoms with Gasteiger partial charge in [-0.15, -0.1) is 0 Å². The molecule has 1 N–H and O–H groups in total. The Kier molecular flexibility index (Phi) is 4.93. The number of furan rings is 1. The maximum absolute atomic E-state index is 5.36. The first-order valence-corrected chi connectivity index (χ1v) is 6.74. The molecule has 1 heterocycles. The van der Waals surface area contributed by atoms with Crippen LogP contribution in [0.1, 0.15) is 19.1 Å². The summed E-state index contributed by atoms with van der Waals surface area (Å²) in [6.07, 6.45) is 3.60. The van der Waals surface area contributed by atoms with Gasteiger partial charge in [-0.1, -0.05) is 0 Å². The first-order chi connectivity index (χ1) is 9.72. The van der Waals surface area contributed by atoms with E-state index in [1.807, 2.05) is 30.3 Å². The van der Waals surface area contributed by atoms with Gasteiger partial charge in [0.15, 0.2) is 0 Å². The molecular weight excluding hydrogens is 254 g/mol. The van der Waals surface area contributed by atoms with Gasteiger partial charge in [0.1, 0.15) is 17.3 Å². The average molecular weight is 275 g/mol. The lowest BCUT2D eigenvalue weighted by Gasteiger charge is -2.18. The Hall–Kier alpha value is -2.10. The summed E-state index contributed by atoms with van der Waals surface area (Å²) in [7, 11) is 3.33. The van der Waals surface area contributed by atoms with Gasteiger partial charge in [-0.25, -0.2) is 0 Å². The first kappa shape index (κ1) is 14.3. The fourth-order valence-electron chi connectivity index (χ4n) is 2.08. The third-order valence-corrected chi connectivity index (χ3v) is 3.21. The van der Waals surface area contributed by atoms with Gasteiger partial charge in [0.05, 0.1) is 26.2 Å². The minimum Gasteiger partial charge on any atom is -0.497 e. The smallest absolute Gasteiger partial charge is 0.142 e. The van der Waals surface area contributed by atoms with Crippen molar-refractivity contribution in [2.75, 3.05) is 19.5 Å². The van der Waals surface area contributed by atoms with Crippen LogP contribution in [0.25, 0.3) is 0 Å². The second-order valence-electron chi connectivity index (χ2n) is 4.73. The van der Waals surface area contributed by atoms with Crippen LogP contribution in [0.15, 0.2) is 41.0 Å². The number of methoxy groups -OCH3 is 2. The zero-order valence-corrected chi connectivity index (χ0v) is 12.2. The van der Waals surface area contributed by atoms with Crippen LogP contribution in [-0.2, 0) is 6.42 Å². The molecule has 0 aliphatic carbocycles. The van der Waals surface area contributed by atoms with E-state index in [-0.39, 0.29) is 0 Å². The monoisotopic (exact) mass is 275 g/mol. The lowest BCUT2D eigenvalue weighted by atomic mass is 10.1. The van der Waals surface area contributed by atoms with Crippen molar-refractivity contribution in [2.24, 2.45) is 0 Å². The van der Waals surface area contributed by atoms with Gasteiger partial charge in [0, 0.05) is 18.5 Å². The number of nitrogens with one attached hydrogen (secondary N) is 1. The number of hydrogen-bond donors (Lipinski definition) is 1. The summed E-state index contributed by atoms with van der Waals surface area (Å²) < 4.78 is 15.9. The molecule has 1 unspecified atom stereocenters. The Morgan fingerprint density at radius 1 is 1.20 bits per heavy atom. The van der Waals surface area contributed by atoms with E-state index in [0.29, 0.717) is 6.04 Å². The van der Waals surface area contributed by atoms with Gasteiger partial charge in [0.2, 0.25) is 0 Å². The largest absolute Gasteiger partial charge is 0.497 e. The van der Waals surface area contributed by atoms with Gasteiger partial charge < -0.3 is 19.2 Å². The maximum atomic E-state index is 5.36. The van der Waals surface area contributed by atoms with Gasteiger partial charge in [-0.2, -0.15) is 0 Å².